The predicted octanol–water partition coefficient (Wildman–Crippen LogP) is 4.83. The van der Waals surface area contributed by atoms with Crippen LogP contribution in [0.5, 0.6) is 0 Å². The van der Waals surface area contributed by atoms with E-state index in [0.717, 1.165) is 16.7 Å². The van der Waals surface area contributed by atoms with Gasteiger partial charge in [0.1, 0.15) is 5.54 Å². The first kappa shape index (κ1) is 27.2. The van der Waals surface area contributed by atoms with Crippen LogP contribution in [0.2, 0.25) is 10.0 Å². The van der Waals surface area contributed by atoms with E-state index >= 15 is 0 Å². The summed E-state index contributed by atoms with van der Waals surface area (Å²) >= 11 is 12.6. The number of benzene rings is 3. The van der Waals surface area contributed by atoms with E-state index in [4.69, 9.17) is 28.9 Å². The van der Waals surface area contributed by atoms with Crippen LogP contribution in [0.25, 0.3) is 0 Å². The lowest BCUT2D eigenvalue weighted by molar-refractivity contribution is -0.135. The molecule has 2 atom stereocenters. The number of primary amides is 1. The summed E-state index contributed by atoms with van der Waals surface area (Å²) < 4.78 is 0. The summed E-state index contributed by atoms with van der Waals surface area (Å²) in [4.78, 5) is 40.7. The fourth-order valence-corrected chi connectivity index (χ4v) is 6.00. The first-order chi connectivity index (χ1) is 18.7. The highest BCUT2D eigenvalue weighted by atomic mass is 35.5. The highest BCUT2D eigenvalue weighted by Gasteiger charge is 2.48. The van der Waals surface area contributed by atoms with Crippen molar-refractivity contribution in [2.24, 2.45) is 11.7 Å². The lowest BCUT2D eigenvalue weighted by Crippen LogP contribution is -2.52. The van der Waals surface area contributed by atoms with E-state index in [2.05, 4.69) is 10.6 Å². The van der Waals surface area contributed by atoms with Crippen LogP contribution in [0.15, 0.2) is 72.8 Å². The van der Waals surface area contributed by atoms with Crippen LogP contribution in [0.4, 0.5) is 5.69 Å². The first-order valence-electron chi connectivity index (χ1n) is 13.0. The van der Waals surface area contributed by atoms with Crippen molar-refractivity contribution in [2.75, 3.05) is 18.4 Å². The Morgan fingerprint density at radius 1 is 1.00 bits per heavy atom. The average molecular weight is 566 g/mol. The second-order valence-electron chi connectivity index (χ2n) is 10.2. The number of hydrogen-bond donors (Lipinski definition) is 3. The van der Waals surface area contributed by atoms with E-state index in [1.807, 2.05) is 54.6 Å². The van der Waals surface area contributed by atoms with E-state index in [0.29, 0.717) is 48.1 Å². The number of carbonyl (C=O) groups excluding carboxylic acids is 3. The maximum absolute atomic E-state index is 13.8. The molecule has 0 radical (unpaired) electrons. The highest BCUT2D eigenvalue weighted by Crippen LogP contribution is 2.42. The Bertz CT molecular complexity index is 1390. The molecule has 2 aliphatic rings. The predicted molar refractivity (Wildman–Crippen MR) is 152 cm³/mol. The zero-order valence-electron chi connectivity index (χ0n) is 21.3. The molecule has 2 heterocycles. The Morgan fingerprint density at radius 3 is 2.41 bits per heavy atom. The Labute approximate surface area is 237 Å². The van der Waals surface area contributed by atoms with Gasteiger partial charge in [-0.05, 0) is 48.2 Å². The number of halogens is 2. The molecule has 202 valence electrons. The van der Waals surface area contributed by atoms with Gasteiger partial charge >= 0.3 is 0 Å². The molecule has 39 heavy (non-hydrogen) atoms. The fourth-order valence-electron chi connectivity index (χ4n) is 5.62. The lowest BCUT2D eigenvalue weighted by atomic mass is 9.83. The second-order valence-corrected chi connectivity index (χ2v) is 11.1. The van der Waals surface area contributed by atoms with Gasteiger partial charge in [-0.2, -0.15) is 0 Å². The summed E-state index contributed by atoms with van der Waals surface area (Å²) in [5.41, 5.74) is 7.45. The summed E-state index contributed by atoms with van der Waals surface area (Å²) in [6.45, 7) is 0.951. The molecular formula is C30H30Cl2N4O3. The molecule has 0 bridgehead atoms. The number of nitrogens with one attached hydrogen (secondary N) is 2. The average Bonchev–Trinajstić information content (AvgIpc) is 3.18. The van der Waals surface area contributed by atoms with Crippen LogP contribution in [0, 0.1) is 5.92 Å². The number of hydrogen-bond acceptors (Lipinski definition) is 4. The Kier molecular flexibility index (Phi) is 7.93. The number of nitrogens with zero attached hydrogens (tertiary/aromatic N) is 1. The number of amides is 3. The Balaban J connectivity index is 1.50. The number of likely N-dealkylation sites (tertiary alicyclic amines) is 1. The number of piperidine rings is 1. The molecule has 1 saturated heterocycles. The van der Waals surface area contributed by atoms with Crippen LogP contribution in [0.3, 0.4) is 0 Å². The molecule has 9 heteroatoms. The number of nitrogens with two attached hydrogens (primary N) is 1. The zero-order valence-corrected chi connectivity index (χ0v) is 22.8. The number of fused-ring (bicyclic) bond motifs is 1. The number of rotatable bonds is 8. The SMILES string of the molecule is NC(=O)C1CCN(C(=O)CC(NC2(Cc3cccc(Cl)c3)C(=O)Nc3cc(Cl)ccc32)c2ccccc2)CC1. The first-order valence-corrected chi connectivity index (χ1v) is 13.8. The molecule has 7 nitrogen and oxygen atoms in total. The standard InChI is InChI=1S/C30H30Cl2N4O3/c31-22-8-4-5-19(15-22)18-30(24-10-9-23(32)16-26(24)34-29(30)39)35-25(20-6-2-1-3-7-20)17-27(37)36-13-11-21(12-14-36)28(33)38/h1-10,15-16,21,25,35H,11-14,17-18H2,(H2,33,38)(H,34,39). The Morgan fingerprint density at radius 2 is 1.72 bits per heavy atom. The molecule has 4 N–H and O–H groups in total. The summed E-state index contributed by atoms with van der Waals surface area (Å²) in [6, 6.07) is 22.0. The molecule has 0 saturated carbocycles. The molecule has 5 rings (SSSR count). The molecule has 0 spiro atoms. The minimum absolute atomic E-state index is 0.0492. The van der Waals surface area contributed by atoms with Crippen molar-refractivity contribution < 1.29 is 14.4 Å². The van der Waals surface area contributed by atoms with E-state index in [1.165, 1.54) is 0 Å². The van der Waals surface area contributed by atoms with E-state index in [9.17, 15) is 14.4 Å². The van der Waals surface area contributed by atoms with Crippen molar-refractivity contribution in [3.05, 3.63) is 99.5 Å². The van der Waals surface area contributed by atoms with Gasteiger partial charge in [-0.3, -0.25) is 19.7 Å². The van der Waals surface area contributed by atoms with Gasteiger partial charge in [-0.15, -0.1) is 0 Å². The fraction of sp³-hybridized carbons (Fsp3) is 0.300. The van der Waals surface area contributed by atoms with Gasteiger partial charge in [0, 0.05) is 59.2 Å². The smallest absolute Gasteiger partial charge is 0.249 e. The van der Waals surface area contributed by atoms with Gasteiger partial charge in [0.15, 0.2) is 0 Å². The minimum Gasteiger partial charge on any atom is -0.369 e. The summed E-state index contributed by atoms with van der Waals surface area (Å²) in [6.07, 6.45) is 1.56. The monoisotopic (exact) mass is 564 g/mol. The maximum atomic E-state index is 13.8. The summed E-state index contributed by atoms with van der Waals surface area (Å²) in [5, 5.41) is 7.70. The topological polar surface area (TPSA) is 105 Å². The van der Waals surface area contributed by atoms with Crippen molar-refractivity contribution in [3.8, 4) is 0 Å². The van der Waals surface area contributed by atoms with E-state index in [1.54, 1.807) is 23.1 Å². The molecule has 2 aliphatic heterocycles. The normalized spacial score (nSPS) is 19.8. The molecule has 3 amide bonds. The van der Waals surface area contributed by atoms with Crippen LogP contribution in [0.1, 0.15) is 42.0 Å². The minimum atomic E-state index is -1.18. The second kappa shape index (κ2) is 11.4. The van der Waals surface area contributed by atoms with Crippen LogP contribution >= 0.6 is 23.2 Å². The van der Waals surface area contributed by atoms with Crippen molar-refractivity contribution in [2.45, 2.75) is 37.3 Å². The third kappa shape index (κ3) is 5.81. The molecule has 1 fully saturated rings. The van der Waals surface area contributed by atoms with Gasteiger partial charge in [-0.1, -0.05) is 71.7 Å². The lowest BCUT2D eigenvalue weighted by Gasteiger charge is -2.36. The van der Waals surface area contributed by atoms with E-state index in [-0.39, 0.29) is 30.1 Å². The molecule has 3 aromatic rings. The van der Waals surface area contributed by atoms with Gasteiger partial charge < -0.3 is 16.0 Å². The third-order valence-corrected chi connectivity index (χ3v) is 8.16. The van der Waals surface area contributed by atoms with E-state index < -0.39 is 11.6 Å². The molecular weight excluding hydrogens is 535 g/mol. The van der Waals surface area contributed by atoms with Crippen molar-refractivity contribution in [1.29, 1.82) is 0 Å². The van der Waals surface area contributed by atoms with Crippen molar-refractivity contribution in [3.63, 3.8) is 0 Å². The highest BCUT2D eigenvalue weighted by molar-refractivity contribution is 6.31. The van der Waals surface area contributed by atoms with Crippen molar-refractivity contribution >= 4 is 46.6 Å². The van der Waals surface area contributed by atoms with Gasteiger partial charge in [-0.25, -0.2) is 0 Å². The quantitative estimate of drug-likeness (QED) is 0.364. The summed E-state index contributed by atoms with van der Waals surface area (Å²) in [7, 11) is 0. The third-order valence-electron chi connectivity index (χ3n) is 7.69. The van der Waals surface area contributed by atoms with Gasteiger partial charge in [0.2, 0.25) is 17.7 Å². The molecule has 0 aliphatic carbocycles. The zero-order chi connectivity index (χ0) is 27.6. The van der Waals surface area contributed by atoms with Crippen LogP contribution < -0.4 is 16.4 Å². The Hall–Kier alpha value is -3.39. The van der Waals surface area contributed by atoms with Crippen LogP contribution in [-0.2, 0) is 26.3 Å². The van der Waals surface area contributed by atoms with Crippen LogP contribution in [-0.4, -0.2) is 35.7 Å². The van der Waals surface area contributed by atoms with Crippen molar-refractivity contribution in [1.82, 2.24) is 10.2 Å². The number of anilines is 1. The van der Waals surface area contributed by atoms with Gasteiger partial charge in [0.05, 0.1) is 0 Å². The van der Waals surface area contributed by atoms with Gasteiger partial charge in [0.25, 0.3) is 0 Å². The molecule has 0 aromatic heterocycles. The largest absolute Gasteiger partial charge is 0.369 e. The molecule has 3 aromatic carbocycles. The summed E-state index contributed by atoms with van der Waals surface area (Å²) in [5.74, 6) is -0.800. The number of carbonyl (C=O) groups is 3. The molecule has 2 unspecified atom stereocenters. The maximum Gasteiger partial charge on any atom is 0.249 e.